The summed E-state index contributed by atoms with van der Waals surface area (Å²) in [4.78, 5) is 8.74. The first kappa shape index (κ1) is 17.1. The van der Waals surface area contributed by atoms with E-state index < -0.39 is 0 Å². The van der Waals surface area contributed by atoms with Crippen LogP contribution in [-0.4, -0.2) is 9.97 Å². The normalized spacial score (nSPS) is 11.6. The van der Waals surface area contributed by atoms with E-state index in [1.807, 2.05) is 45.0 Å². The Kier molecular flexibility index (Phi) is 4.29. The molecular formula is C21H22FN3. The summed E-state index contributed by atoms with van der Waals surface area (Å²) in [6.07, 6.45) is 5.16. The van der Waals surface area contributed by atoms with Gasteiger partial charge in [-0.2, -0.15) is 0 Å². The molecule has 1 aromatic carbocycles. The first-order valence-corrected chi connectivity index (χ1v) is 8.24. The van der Waals surface area contributed by atoms with E-state index in [-0.39, 0.29) is 11.2 Å². The van der Waals surface area contributed by atoms with E-state index in [9.17, 15) is 4.39 Å². The number of anilines is 1. The van der Waals surface area contributed by atoms with Crippen molar-refractivity contribution < 1.29 is 4.39 Å². The van der Waals surface area contributed by atoms with Crippen LogP contribution in [0.4, 0.5) is 10.2 Å². The second-order valence-electron chi connectivity index (χ2n) is 7.19. The maximum absolute atomic E-state index is 14.8. The quantitative estimate of drug-likeness (QED) is 0.677. The van der Waals surface area contributed by atoms with Crippen LogP contribution in [0, 0.1) is 12.7 Å². The standard InChI is InChI=1S/C21H22FN3/c1-6-23-18-10-14-7-8-15(9-16(14)11-24-18)17-12-25-20(21(3,4)5)19(22)13(17)2/h6-12H,1H2,2-5H3,(H,23,24). The first-order valence-electron chi connectivity index (χ1n) is 8.24. The van der Waals surface area contributed by atoms with E-state index in [1.165, 1.54) is 0 Å². The van der Waals surface area contributed by atoms with Gasteiger partial charge in [0.25, 0.3) is 0 Å². The third kappa shape index (κ3) is 3.25. The Labute approximate surface area is 147 Å². The van der Waals surface area contributed by atoms with Gasteiger partial charge in [0.05, 0.1) is 5.69 Å². The van der Waals surface area contributed by atoms with Crippen molar-refractivity contribution in [2.45, 2.75) is 33.1 Å². The van der Waals surface area contributed by atoms with Crippen LogP contribution in [0.5, 0.6) is 0 Å². The Morgan fingerprint density at radius 2 is 1.84 bits per heavy atom. The molecule has 0 saturated carbocycles. The summed E-state index contributed by atoms with van der Waals surface area (Å²) in [5, 5.41) is 5.02. The number of fused-ring (bicyclic) bond motifs is 1. The summed E-state index contributed by atoms with van der Waals surface area (Å²) in [5.41, 5.74) is 2.53. The van der Waals surface area contributed by atoms with E-state index in [4.69, 9.17) is 0 Å². The van der Waals surface area contributed by atoms with Crippen molar-refractivity contribution in [1.29, 1.82) is 0 Å². The highest BCUT2D eigenvalue weighted by molar-refractivity contribution is 5.88. The maximum atomic E-state index is 14.8. The van der Waals surface area contributed by atoms with Crippen molar-refractivity contribution in [3.8, 4) is 11.1 Å². The number of aromatic nitrogens is 2. The van der Waals surface area contributed by atoms with E-state index in [0.29, 0.717) is 11.3 Å². The van der Waals surface area contributed by atoms with Gasteiger partial charge in [-0.15, -0.1) is 0 Å². The third-order valence-corrected chi connectivity index (χ3v) is 4.26. The second-order valence-corrected chi connectivity index (χ2v) is 7.19. The minimum absolute atomic E-state index is 0.228. The molecule has 0 unspecified atom stereocenters. The van der Waals surface area contributed by atoms with Gasteiger partial charge >= 0.3 is 0 Å². The molecule has 3 rings (SSSR count). The fourth-order valence-corrected chi connectivity index (χ4v) is 2.89. The first-order chi connectivity index (χ1) is 11.8. The zero-order valence-electron chi connectivity index (χ0n) is 15.0. The average molecular weight is 335 g/mol. The molecule has 0 aliphatic rings. The summed E-state index contributed by atoms with van der Waals surface area (Å²) >= 11 is 0. The number of nitrogens with zero attached hydrogens (tertiary/aromatic N) is 2. The zero-order chi connectivity index (χ0) is 18.2. The van der Waals surface area contributed by atoms with Crippen LogP contribution in [0.25, 0.3) is 21.9 Å². The van der Waals surface area contributed by atoms with Gasteiger partial charge < -0.3 is 5.32 Å². The molecule has 2 aromatic heterocycles. The van der Waals surface area contributed by atoms with Gasteiger partial charge in [0.2, 0.25) is 0 Å². The van der Waals surface area contributed by atoms with Gasteiger partial charge in [0.15, 0.2) is 0 Å². The Hall–Kier alpha value is -2.75. The van der Waals surface area contributed by atoms with Crippen LogP contribution in [0.1, 0.15) is 32.0 Å². The van der Waals surface area contributed by atoms with Crippen molar-refractivity contribution in [1.82, 2.24) is 9.97 Å². The molecule has 0 fully saturated rings. The highest BCUT2D eigenvalue weighted by Crippen LogP contribution is 2.32. The summed E-state index contributed by atoms with van der Waals surface area (Å²) in [5.74, 6) is 0.516. The molecule has 0 saturated heterocycles. The molecule has 0 spiro atoms. The number of nitrogens with one attached hydrogen (secondary N) is 1. The lowest BCUT2D eigenvalue weighted by Crippen LogP contribution is -2.17. The fraction of sp³-hybridized carbons (Fsp3) is 0.238. The molecule has 3 nitrogen and oxygen atoms in total. The van der Waals surface area contributed by atoms with Gasteiger partial charge in [-0.05, 0) is 41.8 Å². The van der Waals surface area contributed by atoms with Crippen molar-refractivity contribution in [3.05, 3.63) is 66.5 Å². The van der Waals surface area contributed by atoms with Crippen LogP contribution in [0.3, 0.4) is 0 Å². The molecular weight excluding hydrogens is 313 g/mol. The molecule has 3 aromatic rings. The molecule has 0 aliphatic carbocycles. The Bertz CT molecular complexity index is 955. The molecule has 0 atom stereocenters. The SMILES string of the molecule is C=CNc1cc2ccc(-c3cnc(C(C)(C)C)c(F)c3C)cc2cn1. The topological polar surface area (TPSA) is 37.8 Å². The lowest BCUT2D eigenvalue weighted by molar-refractivity contribution is 0.499. The molecule has 0 aliphatic heterocycles. The molecule has 128 valence electrons. The van der Waals surface area contributed by atoms with Crippen LogP contribution in [0.2, 0.25) is 0 Å². The highest BCUT2D eigenvalue weighted by Gasteiger charge is 2.23. The monoisotopic (exact) mass is 335 g/mol. The van der Waals surface area contributed by atoms with Crippen LogP contribution < -0.4 is 5.32 Å². The predicted molar refractivity (Wildman–Crippen MR) is 102 cm³/mol. The zero-order valence-corrected chi connectivity index (χ0v) is 15.0. The highest BCUT2D eigenvalue weighted by atomic mass is 19.1. The molecule has 0 radical (unpaired) electrons. The van der Waals surface area contributed by atoms with Crippen molar-refractivity contribution in [2.24, 2.45) is 0 Å². The molecule has 1 N–H and O–H groups in total. The number of hydrogen-bond donors (Lipinski definition) is 1. The number of benzene rings is 1. The summed E-state index contributed by atoms with van der Waals surface area (Å²) in [6, 6.07) is 7.96. The number of hydrogen-bond acceptors (Lipinski definition) is 3. The Balaban J connectivity index is 2.09. The smallest absolute Gasteiger partial charge is 0.148 e. The Morgan fingerprint density at radius 1 is 1.08 bits per heavy atom. The van der Waals surface area contributed by atoms with Gasteiger partial charge in [-0.25, -0.2) is 9.37 Å². The minimum atomic E-state index is -0.324. The fourth-order valence-electron chi connectivity index (χ4n) is 2.89. The van der Waals surface area contributed by atoms with E-state index in [1.54, 1.807) is 25.5 Å². The average Bonchev–Trinajstić information content (AvgIpc) is 2.56. The van der Waals surface area contributed by atoms with Gasteiger partial charge in [-0.3, -0.25) is 4.98 Å². The summed E-state index contributed by atoms with van der Waals surface area (Å²) < 4.78 is 14.8. The van der Waals surface area contributed by atoms with Crippen molar-refractivity contribution >= 4 is 16.6 Å². The summed E-state index contributed by atoms with van der Waals surface area (Å²) in [6.45, 7) is 11.3. The predicted octanol–water partition coefficient (Wildman–Crippen LogP) is 5.60. The van der Waals surface area contributed by atoms with Crippen LogP contribution in [-0.2, 0) is 5.41 Å². The Morgan fingerprint density at radius 3 is 2.52 bits per heavy atom. The van der Waals surface area contributed by atoms with Crippen molar-refractivity contribution in [2.75, 3.05) is 5.32 Å². The van der Waals surface area contributed by atoms with E-state index >= 15 is 0 Å². The maximum Gasteiger partial charge on any atom is 0.148 e. The van der Waals surface area contributed by atoms with Crippen molar-refractivity contribution in [3.63, 3.8) is 0 Å². The van der Waals surface area contributed by atoms with E-state index in [0.717, 1.165) is 27.7 Å². The molecule has 2 heterocycles. The lowest BCUT2D eigenvalue weighted by Gasteiger charge is -2.20. The van der Waals surface area contributed by atoms with Crippen LogP contribution >= 0.6 is 0 Å². The van der Waals surface area contributed by atoms with E-state index in [2.05, 4.69) is 21.9 Å². The van der Waals surface area contributed by atoms with Gasteiger partial charge in [-0.1, -0.05) is 39.5 Å². The third-order valence-electron chi connectivity index (χ3n) is 4.26. The van der Waals surface area contributed by atoms with Gasteiger partial charge in [0.1, 0.15) is 11.6 Å². The number of rotatable bonds is 3. The minimum Gasteiger partial charge on any atom is -0.347 e. The molecule has 4 heteroatoms. The largest absolute Gasteiger partial charge is 0.347 e. The number of halogens is 1. The lowest BCUT2D eigenvalue weighted by atomic mass is 9.88. The second kappa shape index (κ2) is 6.28. The molecule has 0 bridgehead atoms. The number of pyridine rings is 2. The molecule has 25 heavy (non-hydrogen) atoms. The molecule has 0 amide bonds. The van der Waals surface area contributed by atoms with Gasteiger partial charge in [0, 0.05) is 28.8 Å². The summed E-state index contributed by atoms with van der Waals surface area (Å²) in [7, 11) is 0. The van der Waals surface area contributed by atoms with Crippen LogP contribution in [0.15, 0.2) is 49.4 Å².